The summed E-state index contributed by atoms with van der Waals surface area (Å²) in [6.45, 7) is 5.06. The Morgan fingerprint density at radius 2 is 2.21 bits per heavy atom. The van der Waals surface area contributed by atoms with E-state index in [4.69, 9.17) is 5.11 Å². The Kier molecular flexibility index (Phi) is 2.92. The monoisotopic (exact) mass is 215 g/mol. The van der Waals surface area contributed by atoms with Crippen molar-refractivity contribution in [3.8, 4) is 0 Å². The van der Waals surface area contributed by atoms with Crippen LogP contribution in [0, 0.1) is 6.92 Å². The minimum atomic E-state index is -1.87. The normalized spacial score (nSPS) is 15.1. The summed E-state index contributed by atoms with van der Waals surface area (Å²) in [6.07, 6.45) is 0.748. The quantitative estimate of drug-likeness (QED) is 0.797. The molecule has 1 unspecified atom stereocenters. The first-order valence-electron chi connectivity index (χ1n) is 4.32. The summed E-state index contributed by atoms with van der Waals surface area (Å²) in [6, 6.07) is 0. The van der Waals surface area contributed by atoms with E-state index >= 15 is 0 Å². The molecule has 2 N–H and O–H groups in total. The van der Waals surface area contributed by atoms with Gasteiger partial charge in [-0.15, -0.1) is 11.3 Å². The molecule has 1 heterocycles. The second kappa shape index (κ2) is 3.67. The van der Waals surface area contributed by atoms with Gasteiger partial charge in [0.05, 0.1) is 5.69 Å². The zero-order valence-electron chi connectivity index (χ0n) is 8.37. The number of aliphatic carboxylic acids is 1. The van der Waals surface area contributed by atoms with E-state index in [9.17, 15) is 9.90 Å². The number of carbonyl (C=O) groups is 1. The van der Waals surface area contributed by atoms with Gasteiger partial charge >= 0.3 is 5.97 Å². The highest BCUT2D eigenvalue weighted by Gasteiger charge is 2.36. The van der Waals surface area contributed by atoms with Crippen LogP contribution in [-0.4, -0.2) is 21.2 Å². The highest BCUT2D eigenvalue weighted by Crippen LogP contribution is 2.28. The fourth-order valence-electron chi connectivity index (χ4n) is 1.06. The largest absolute Gasteiger partial charge is 0.479 e. The number of rotatable bonds is 3. The first kappa shape index (κ1) is 11.1. The van der Waals surface area contributed by atoms with Crippen molar-refractivity contribution >= 4 is 17.3 Å². The standard InChI is InChI=1S/C9H13NO3S/c1-4-6-5(2)14-7(10-6)9(3,13)8(11)12/h13H,4H2,1-3H3,(H,11,12). The van der Waals surface area contributed by atoms with Gasteiger partial charge < -0.3 is 10.2 Å². The molecule has 0 saturated heterocycles. The average molecular weight is 215 g/mol. The lowest BCUT2D eigenvalue weighted by molar-refractivity contribution is -0.157. The minimum Gasteiger partial charge on any atom is -0.479 e. The van der Waals surface area contributed by atoms with Crippen LogP contribution in [0.5, 0.6) is 0 Å². The van der Waals surface area contributed by atoms with E-state index in [0.29, 0.717) is 0 Å². The maximum Gasteiger partial charge on any atom is 0.342 e. The third kappa shape index (κ3) is 1.78. The van der Waals surface area contributed by atoms with Crippen LogP contribution >= 0.6 is 11.3 Å². The molecular weight excluding hydrogens is 202 g/mol. The molecule has 0 radical (unpaired) electrons. The average Bonchev–Trinajstić information content (AvgIpc) is 2.47. The van der Waals surface area contributed by atoms with Crippen LogP contribution in [0.3, 0.4) is 0 Å². The van der Waals surface area contributed by atoms with Crippen molar-refractivity contribution in [3.63, 3.8) is 0 Å². The number of hydrogen-bond acceptors (Lipinski definition) is 4. The van der Waals surface area contributed by atoms with Crippen LogP contribution in [0.25, 0.3) is 0 Å². The van der Waals surface area contributed by atoms with Crippen molar-refractivity contribution < 1.29 is 15.0 Å². The van der Waals surface area contributed by atoms with Gasteiger partial charge in [0.1, 0.15) is 5.01 Å². The zero-order chi connectivity index (χ0) is 10.9. The summed E-state index contributed by atoms with van der Waals surface area (Å²) in [5.41, 5.74) is -1.02. The summed E-state index contributed by atoms with van der Waals surface area (Å²) in [5.74, 6) is -1.27. The van der Waals surface area contributed by atoms with Crippen molar-refractivity contribution in [2.45, 2.75) is 32.8 Å². The summed E-state index contributed by atoms with van der Waals surface area (Å²) in [4.78, 5) is 15.8. The van der Waals surface area contributed by atoms with Gasteiger partial charge in [-0.2, -0.15) is 0 Å². The van der Waals surface area contributed by atoms with Gasteiger partial charge in [-0.1, -0.05) is 6.92 Å². The Morgan fingerprint density at radius 1 is 1.64 bits per heavy atom. The molecule has 1 aromatic rings. The summed E-state index contributed by atoms with van der Waals surface area (Å²) < 4.78 is 0. The van der Waals surface area contributed by atoms with E-state index in [-0.39, 0.29) is 5.01 Å². The lowest BCUT2D eigenvalue weighted by atomic mass is 10.1. The molecule has 1 aromatic heterocycles. The third-order valence-electron chi connectivity index (χ3n) is 2.06. The predicted octanol–water partition coefficient (Wildman–Crippen LogP) is 1.31. The molecular formula is C9H13NO3S. The minimum absolute atomic E-state index is 0.249. The maximum atomic E-state index is 10.7. The molecule has 0 saturated carbocycles. The number of carboxylic acid groups (broad SMARTS) is 1. The van der Waals surface area contributed by atoms with E-state index in [0.717, 1.165) is 17.0 Å². The molecule has 0 fully saturated rings. The zero-order valence-corrected chi connectivity index (χ0v) is 9.18. The maximum absolute atomic E-state index is 10.7. The van der Waals surface area contributed by atoms with Crippen LogP contribution < -0.4 is 0 Å². The molecule has 14 heavy (non-hydrogen) atoms. The summed E-state index contributed by atoms with van der Waals surface area (Å²) in [7, 11) is 0. The Morgan fingerprint density at radius 3 is 2.57 bits per heavy atom. The molecule has 78 valence electrons. The molecule has 0 amide bonds. The van der Waals surface area contributed by atoms with Crippen molar-refractivity contribution in [2.24, 2.45) is 0 Å². The molecule has 1 rings (SSSR count). The molecule has 0 bridgehead atoms. The Hall–Kier alpha value is -0.940. The Balaban J connectivity index is 3.14. The Labute approximate surface area is 86.2 Å². The SMILES string of the molecule is CCc1nc(C(C)(O)C(=O)O)sc1C. The third-order valence-corrected chi connectivity index (χ3v) is 3.28. The van der Waals surface area contributed by atoms with E-state index in [1.807, 2.05) is 13.8 Å². The lowest BCUT2D eigenvalue weighted by Gasteiger charge is -2.13. The van der Waals surface area contributed by atoms with Crippen LogP contribution in [0.15, 0.2) is 0 Å². The van der Waals surface area contributed by atoms with Crippen LogP contribution in [0.1, 0.15) is 29.4 Å². The molecule has 0 aliphatic rings. The molecule has 4 nitrogen and oxygen atoms in total. The summed E-state index contributed by atoms with van der Waals surface area (Å²) >= 11 is 1.23. The number of thiazole rings is 1. The number of hydrogen-bond donors (Lipinski definition) is 2. The van der Waals surface area contributed by atoms with Crippen molar-refractivity contribution in [1.29, 1.82) is 0 Å². The van der Waals surface area contributed by atoms with Gasteiger partial charge in [-0.25, -0.2) is 9.78 Å². The van der Waals surface area contributed by atoms with Gasteiger partial charge in [0.25, 0.3) is 0 Å². The highest BCUT2D eigenvalue weighted by atomic mass is 32.1. The molecule has 1 atom stereocenters. The second-order valence-electron chi connectivity index (χ2n) is 3.25. The summed E-state index contributed by atoms with van der Waals surface area (Å²) in [5, 5.41) is 18.7. The highest BCUT2D eigenvalue weighted by molar-refractivity contribution is 7.12. The second-order valence-corrected chi connectivity index (χ2v) is 4.46. The smallest absolute Gasteiger partial charge is 0.342 e. The number of aryl methyl sites for hydroxylation is 2. The molecule has 0 aromatic carbocycles. The van der Waals surface area contributed by atoms with E-state index in [1.165, 1.54) is 18.3 Å². The van der Waals surface area contributed by atoms with Crippen molar-refractivity contribution in [3.05, 3.63) is 15.6 Å². The number of nitrogens with zero attached hydrogens (tertiary/aromatic N) is 1. The van der Waals surface area contributed by atoms with E-state index in [2.05, 4.69) is 4.98 Å². The topological polar surface area (TPSA) is 70.4 Å². The van der Waals surface area contributed by atoms with Crippen molar-refractivity contribution in [1.82, 2.24) is 4.98 Å². The fraction of sp³-hybridized carbons (Fsp3) is 0.556. The predicted molar refractivity (Wildman–Crippen MR) is 53.4 cm³/mol. The van der Waals surface area contributed by atoms with Gasteiger partial charge in [0.2, 0.25) is 5.60 Å². The molecule has 0 spiro atoms. The fourth-order valence-corrected chi connectivity index (χ4v) is 2.10. The lowest BCUT2D eigenvalue weighted by Crippen LogP contribution is -2.31. The van der Waals surface area contributed by atoms with Gasteiger partial charge in [-0.3, -0.25) is 0 Å². The van der Waals surface area contributed by atoms with Crippen molar-refractivity contribution in [2.75, 3.05) is 0 Å². The first-order valence-corrected chi connectivity index (χ1v) is 5.13. The molecule has 5 heteroatoms. The molecule has 0 aliphatic heterocycles. The van der Waals surface area contributed by atoms with E-state index in [1.54, 1.807) is 0 Å². The number of aliphatic hydroxyl groups is 1. The van der Waals surface area contributed by atoms with Crippen LogP contribution in [-0.2, 0) is 16.8 Å². The van der Waals surface area contributed by atoms with Crippen LogP contribution in [0.2, 0.25) is 0 Å². The first-order chi connectivity index (χ1) is 6.39. The number of aromatic nitrogens is 1. The Bertz CT molecular complexity index is 357. The van der Waals surface area contributed by atoms with Gasteiger partial charge in [0, 0.05) is 4.88 Å². The molecule has 0 aliphatic carbocycles. The van der Waals surface area contributed by atoms with Crippen LogP contribution in [0.4, 0.5) is 0 Å². The van der Waals surface area contributed by atoms with E-state index < -0.39 is 11.6 Å². The van der Waals surface area contributed by atoms with Gasteiger partial charge in [-0.05, 0) is 20.3 Å². The van der Waals surface area contributed by atoms with Gasteiger partial charge in [0.15, 0.2) is 0 Å². The number of carboxylic acids is 1.